The number of fused-ring (bicyclic) bond motifs is 1. The standard InChI is InChI=1S/C33H45N5O5S/c1-22(34-2)31(39)36-29(25-17-11-6-12-18-25)33(41)37-20-19-27-30(37)26(21-38(27)44(3,42)43)32(40)35-28(23-13-7-4-8-14-23)24-15-9-5-10-16-24/h4-5,7-10,13-16,22,25-30,34H,6,11-12,17-21H2,1-3H3,(H,35,40)(H,36,39)/t22-,26+,27-,29+,30-/m1/s1. The number of nitrogens with one attached hydrogen (secondary N) is 3. The number of likely N-dealkylation sites (N-methyl/N-ethyl adjacent to an activating group) is 1. The number of rotatable bonds is 10. The van der Waals surface area contributed by atoms with Gasteiger partial charge in [0.15, 0.2) is 0 Å². The van der Waals surface area contributed by atoms with Crippen molar-refractivity contribution in [1.29, 1.82) is 0 Å². The van der Waals surface area contributed by atoms with Crippen LogP contribution in [0, 0.1) is 11.8 Å². The third-order valence-electron chi connectivity index (χ3n) is 9.69. The average molecular weight is 624 g/mol. The van der Waals surface area contributed by atoms with E-state index in [1.54, 1.807) is 18.9 Å². The minimum atomic E-state index is -3.64. The maximum atomic E-state index is 14.4. The van der Waals surface area contributed by atoms with Crippen molar-refractivity contribution in [3.63, 3.8) is 0 Å². The Morgan fingerprint density at radius 2 is 1.45 bits per heavy atom. The first-order valence-electron chi connectivity index (χ1n) is 15.8. The van der Waals surface area contributed by atoms with Crippen LogP contribution in [0.1, 0.15) is 62.6 Å². The molecule has 3 fully saturated rings. The summed E-state index contributed by atoms with van der Waals surface area (Å²) in [6, 6.07) is 16.5. The van der Waals surface area contributed by atoms with Crippen molar-refractivity contribution in [3.8, 4) is 0 Å². The highest BCUT2D eigenvalue weighted by molar-refractivity contribution is 7.88. The zero-order valence-corrected chi connectivity index (χ0v) is 26.6. The van der Waals surface area contributed by atoms with Crippen LogP contribution < -0.4 is 16.0 Å². The van der Waals surface area contributed by atoms with E-state index in [2.05, 4.69) is 16.0 Å². The summed E-state index contributed by atoms with van der Waals surface area (Å²) in [5, 5.41) is 9.18. The molecule has 2 aromatic rings. The molecule has 0 radical (unpaired) electrons. The summed E-state index contributed by atoms with van der Waals surface area (Å²) in [6.45, 7) is 2.07. The monoisotopic (exact) mass is 623 g/mol. The van der Waals surface area contributed by atoms with Crippen LogP contribution in [0.15, 0.2) is 60.7 Å². The molecule has 1 saturated carbocycles. The van der Waals surface area contributed by atoms with Gasteiger partial charge in [-0.2, -0.15) is 4.31 Å². The summed E-state index contributed by atoms with van der Waals surface area (Å²) < 4.78 is 27.3. The van der Waals surface area contributed by atoms with Crippen LogP contribution in [0.2, 0.25) is 0 Å². The average Bonchev–Trinajstić information content (AvgIpc) is 3.64. The Morgan fingerprint density at radius 1 is 0.864 bits per heavy atom. The normalized spacial score (nSPS) is 24.1. The van der Waals surface area contributed by atoms with Gasteiger partial charge in [-0.1, -0.05) is 79.9 Å². The maximum Gasteiger partial charge on any atom is 0.245 e. The molecule has 0 bridgehead atoms. The minimum Gasteiger partial charge on any atom is -0.345 e. The lowest BCUT2D eigenvalue weighted by Gasteiger charge is -2.36. The quantitative estimate of drug-likeness (QED) is 0.373. The number of amides is 3. The molecule has 0 spiro atoms. The van der Waals surface area contributed by atoms with Crippen LogP contribution in [-0.2, 0) is 24.4 Å². The number of carbonyl (C=O) groups is 3. The number of sulfonamides is 1. The highest BCUT2D eigenvalue weighted by Gasteiger charge is 2.56. The first-order chi connectivity index (χ1) is 21.1. The van der Waals surface area contributed by atoms with E-state index in [9.17, 15) is 22.8 Å². The molecule has 44 heavy (non-hydrogen) atoms. The molecule has 3 aliphatic rings. The number of hydrogen-bond acceptors (Lipinski definition) is 6. The number of likely N-dealkylation sites (tertiary alicyclic amines) is 1. The van der Waals surface area contributed by atoms with Gasteiger partial charge in [0.05, 0.1) is 30.3 Å². The van der Waals surface area contributed by atoms with Crippen LogP contribution in [-0.4, -0.2) is 85.9 Å². The van der Waals surface area contributed by atoms with Crippen molar-refractivity contribution in [3.05, 3.63) is 71.8 Å². The second-order valence-electron chi connectivity index (χ2n) is 12.5. The van der Waals surface area contributed by atoms with Gasteiger partial charge in [-0.05, 0) is 50.3 Å². The first kappa shape index (κ1) is 32.1. The van der Waals surface area contributed by atoms with Gasteiger partial charge in [-0.25, -0.2) is 8.42 Å². The summed E-state index contributed by atoms with van der Waals surface area (Å²) in [5.74, 6) is -1.56. The van der Waals surface area contributed by atoms with Gasteiger partial charge in [-0.3, -0.25) is 14.4 Å². The van der Waals surface area contributed by atoms with Crippen LogP contribution in [0.5, 0.6) is 0 Å². The molecular formula is C33H45N5O5S. The molecule has 5 rings (SSSR count). The number of nitrogens with zero attached hydrogens (tertiary/aromatic N) is 2. The number of hydrogen-bond donors (Lipinski definition) is 3. The molecule has 2 heterocycles. The van der Waals surface area contributed by atoms with Crippen LogP contribution in [0.4, 0.5) is 0 Å². The molecule has 2 aromatic carbocycles. The fourth-order valence-corrected chi connectivity index (χ4v) is 8.40. The van der Waals surface area contributed by atoms with Crippen LogP contribution in [0.3, 0.4) is 0 Å². The van der Waals surface area contributed by atoms with E-state index in [1.807, 2.05) is 60.7 Å². The SMILES string of the molecule is CN[C@H](C)C(=O)N[C@H](C(=O)N1CC[C@@H]2[C@H]1[C@@H](C(=O)NC(c1ccccc1)c1ccccc1)CN2S(C)(=O)=O)C1CCCCC1. The van der Waals surface area contributed by atoms with E-state index in [0.717, 1.165) is 49.5 Å². The number of carbonyl (C=O) groups excluding carboxylic acids is 3. The van der Waals surface area contributed by atoms with Gasteiger partial charge < -0.3 is 20.9 Å². The van der Waals surface area contributed by atoms with Gasteiger partial charge in [0.25, 0.3) is 0 Å². The van der Waals surface area contributed by atoms with Crippen LogP contribution in [0.25, 0.3) is 0 Å². The fourth-order valence-electron chi connectivity index (χ4n) is 7.25. The third-order valence-corrected chi connectivity index (χ3v) is 11.0. The van der Waals surface area contributed by atoms with Crippen molar-refractivity contribution in [2.45, 2.75) is 75.7 Å². The van der Waals surface area contributed by atoms with Gasteiger partial charge in [-0.15, -0.1) is 0 Å². The maximum absolute atomic E-state index is 14.4. The molecule has 10 nitrogen and oxygen atoms in total. The second-order valence-corrected chi connectivity index (χ2v) is 14.4. The largest absolute Gasteiger partial charge is 0.345 e. The van der Waals surface area contributed by atoms with Gasteiger partial charge in [0, 0.05) is 19.1 Å². The van der Waals surface area contributed by atoms with E-state index in [0.29, 0.717) is 13.0 Å². The van der Waals surface area contributed by atoms with Crippen molar-refractivity contribution in [1.82, 2.24) is 25.2 Å². The molecule has 3 amide bonds. The molecule has 0 unspecified atom stereocenters. The summed E-state index contributed by atoms with van der Waals surface area (Å²) in [4.78, 5) is 43.4. The molecular weight excluding hydrogens is 578 g/mol. The van der Waals surface area contributed by atoms with Gasteiger partial charge >= 0.3 is 0 Å². The smallest absolute Gasteiger partial charge is 0.245 e. The molecule has 0 aromatic heterocycles. The Kier molecular flexibility index (Phi) is 10.1. The molecule has 238 valence electrons. The molecule has 1 aliphatic carbocycles. The van der Waals surface area contributed by atoms with E-state index >= 15 is 0 Å². The lowest BCUT2D eigenvalue weighted by Crippen LogP contribution is -2.58. The molecule has 2 saturated heterocycles. The Labute approximate surface area is 261 Å². The Morgan fingerprint density at radius 3 is 2.00 bits per heavy atom. The molecule has 5 atom stereocenters. The highest BCUT2D eigenvalue weighted by atomic mass is 32.2. The predicted molar refractivity (Wildman–Crippen MR) is 169 cm³/mol. The summed E-state index contributed by atoms with van der Waals surface area (Å²) in [5.41, 5.74) is 1.80. The van der Waals surface area contributed by atoms with Crippen molar-refractivity contribution in [2.24, 2.45) is 11.8 Å². The summed E-state index contributed by atoms with van der Waals surface area (Å²) >= 11 is 0. The Hall–Kier alpha value is -3.28. The Balaban J connectivity index is 1.46. The zero-order chi connectivity index (χ0) is 31.4. The lowest BCUT2D eigenvalue weighted by molar-refractivity contribution is -0.141. The minimum absolute atomic E-state index is 0.00266. The zero-order valence-electron chi connectivity index (χ0n) is 25.8. The third kappa shape index (κ3) is 6.84. The summed E-state index contributed by atoms with van der Waals surface area (Å²) in [7, 11) is -1.94. The number of benzene rings is 2. The van der Waals surface area contributed by atoms with Crippen molar-refractivity contribution in [2.75, 3.05) is 26.4 Å². The van der Waals surface area contributed by atoms with E-state index in [-0.39, 0.29) is 30.2 Å². The molecule has 3 N–H and O–H groups in total. The topological polar surface area (TPSA) is 128 Å². The van der Waals surface area contributed by atoms with Crippen molar-refractivity contribution < 1.29 is 22.8 Å². The Bertz CT molecular complexity index is 1380. The highest BCUT2D eigenvalue weighted by Crippen LogP contribution is 2.39. The molecule has 2 aliphatic heterocycles. The fraction of sp³-hybridized carbons (Fsp3) is 0.545. The van der Waals surface area contributed by atoms with Gasteiger partial charge in [0.1, 0.15) is 6.04 Å². The predicted octanol–water partition coefficient (Wildman–Crippen LogP) is 2.43. The lowest BCUT2D eigenvalue weighted by atomic mass is 9.83. The summed E-state index contributed by atoms with van der Waals surface area (Å²) in [6.07, 6.45) is 6.35. The van der Waals surface area contributed by atoms with E-state index in [1.165, 1.54) is 4.31 Å². The van der Waals surface area contributed by atoms with Crippen molar-refractivity contribution >= 4 is 27.7 Å². The van der Waals surface area contributed by atoms with Gasteiger partial charge in [0.2, 0.25) is 27.7 Å². The first-order valence-corrected chi connectivity index (χ1v) is 17.6. The van der Waals surface area contributed by atoms with E-state index < -0.39 is 46.2 Å². The van der Waals surface area contributed by atoms with E-state index in [4.69, 9.17) is 0 Å². The second kappa shape index (κ2) is 13.8. The molecule has 11 heteroatoms. The van der Waals surface area contributed by atoms with Crippen LogP contribution >= 0.6 is 0 Å².